The Bertz CT molecular complexity index is 426. The van der Waals surface area contributed by atoms with Crippen molar-refractivity contribution < 1.29 is 17.9 Å². The van der Waals surface area contributed by atoms with E-state index >= 15 is 0 Å². The number of ether oxygens (including phenoxy) is 1. The minimum absolute atomic E-state index is 0.0383. The second kappa shape index (κ2) is 6.84. The van der Waals surface area contributed by atoms with Crippen molar-refractivity contribution in [3.05, 3.63) is 0 Å². The third kappa shape index (κ3) is 3.91. The van der Waals surface area contributed by atoms with Crippen LogP contribution in [0.2, 0.25) is 0 Å². The van der Waals surface area contributed by atoms with Crippen molar-refractivity contribution in [2.45, 2.75) is 31.9 Å². The molecular weight excluding hydrogens is 282 g/mol. The Balaban J connectivity index is 1.78. The highest BCUT2D eigenvalue weighted by atomic mass is 32.2. The van der Waals surface area contributed by atoms with Crippen LogP contribution in [0, 0.1) is 0 Å². The first-order valence-electron chi connectivity index (χ1n) is 7.13. The van der Waals surface area contributed by atoms with Crippen molar-refractivity contribution in [1.29, 1.82) is 0 Å². The van der Waals surface area contributed by atoms with E-state index in [0.29, 0.717) is 39.1 Å². The topological polar surface area (TPSA) is 87.7 Å². The fourth-order valence-electron chi connectivity index (χ4n) is 2.49. The van der Waals surface area contributed by atoms with Crippen molar-refractivity contribution in [2.24, 2.45) is 0 Å². The molecule has 0 aromatic heterocycles. The van der Waals surface area contributed by atoms with Crippen molar-refractivity contribution in [1.82, 2.24) is 14.9 Å². The molecule has 2 fully saturated rings. The molecule has 0 aromatic carbocycles. The Morgan fingerprint density at radius 1 is 1.40 bits per heavy atom. The number of carbonyl (C=O) groups is 1. The standard InChI is InChI=1S/C12H23N3O4S/c1-2-20(17,18)15-6-3-10(4-7-15)14-12(16)11-9-13-5-8-19-11/h10-11,13H,2-9H2,1H3,(H,14,16). The maximum atomic E-state index is 12.0. The van der Waals surface area contributed by atoms with Gasteiger partial charge in [0.25, 0.3) is 5.91 Å². The molecule has 0 radical (unpaired) electrons. The van der Waals surface area contributed by atoms with Crippen LogP contribution in [0.25, 0.3) is 0 Å². The first-order chi connectivity index (χ1) is 9.53. The summed E-state index contributed by atoms with van der Waals surface area (Å²) in [6.45, 7) is 4.46. The molecule has 2 rings (SSSR count). The lowest BCUT2D eigenvalue weighted by molar-refractivity contribution is -0.135. The number of amides is 1. The van der Waals surface area contributed by atoms with Crippen LogP contribution in [0.15, 0.2) is 0 Å². The van der Waals surface area contributed by atoms with Gasteiger partial charge >= 0.3 is 0 Å². The Hall–Kier alpha value is -0.700. The first-order valence-corrected chi connectivity index (χ1v) is 8.74. The van der Waals surface area contributed by atoms with Crippen LogP contribution in [-0.2, 0) is 19.6 Å². The summed E-state index contributed by atoms with van der Waals surface area (Å²) in [5, 5.41) is 6.07. The third-order valence-electron chi connectivity index (χ3n) is 3.78. The lowest BCUT2D eigenvalue weighted by Gasteiger charge is -2.32. The maximum absolute atomic E-state index is 12.0. The minimum Gasteiger partial charge on any atom is -0.366 e. The average molecular weight is 305 g/mol. The highest BCUT2D eigenvalue weighted by Gasteiger charge is 2.29. The summed E-state index contributed by atoms with van der Waals surface area (Å²) < 4.78 is 30.4. The van der Waals surface area contributed by atoms with Crippen molar-refractivity contribution in [2.75, 3.05) is 38.5 Å². The van der Waals surface area contributed by atoms with Gasteiger partial charge in [0, 0.05) is 32.2 Å². The zero-order valence-corrected chi connectivity index (χ0v) is 12.6. The molecular formula is C12H23N3O4S. The molecule has 1 atom stereocenters. The fourth-order valence-corrected chi connectivity index (χ4v) is 3.62. The highest BCUT2D eigenvalue weighted by Crippen LogP contribution is 2.14. The Morgan fingerprint density at radius 2 is 2.10 bits per heavy atom. The van der Waals surface area contributed by atoms with Crippen molar-refractivity contribution in [3.63, 3.8) is 0 Å². The third-order valence-corrected chi connectivity index (χ3v) is 5.66. The molecule has 2 saturated heterocycles. The minimum atomic E-state index is -3.11. The fraction of sp³-hybridized carbons (Fsp3) is 0.917. The summed E-state index contributed by atoms with van der Waals surface area (Å²) in [6.07, 6.45) is 0.886. The van der Waals surface area contributed by atoms with Gasteiger partial charge in [-0.25, -0.2) is 12.7 Å². The summed E-state index contributed by atoms with van der Waals surface area (Å²) >= 11 is 0. The summed E-state index contributed by atoms with van der Waals surface area (Å²) in [5.41, 5.74) is 0. The van der Waals surface area contributed by atoms with E-state index in [2.05, 4.69) is 10.6 Å². The predicted octanol–water partition coefficient (Wildman–Crippen LogP) is -1.09. The van der Waals surface area contributed by atoms with Gasteiger partial charge in [-0.15, -0.1) is 0 Å². The average Bonchev–Trinajstić information content (AvgIpc) is 2.48. The molecule has 1 amide bonds. The lowest BCUT2D eigenvalue weighted by atomic mass is 10.1. The molecule has 1 unspecified atom stereocenters. The maximum Gasteiger partial charge on any atom is 0.250 e. The van der Waals surface area contributed by atoms with Gasteiger partial charge in [0.05, 0.1) is 12.4 Å². The van der Waals surface area contributed by atoms with Gasteiger partial charge in [-0.05, 0) is 19.8 Å². The first kappa shape index (κ1) is 15.7. The molecule has 0 bridgehead atoms. The van der Waals surface area contributed by atoms with Crippen molar-refractivity contribution in [3.8, 4) is 0 Å². The number of nitrogens with one attached hydrogen (secondary N) is 2. The number of rotatable bonds is 4. The van der Waals surface area contributed by atoms with Gasteiger partial charge in [-0.3, -0.25) is 4.79 Å². The van der Waals surface area contributed by atoms with Gasteiger partial charge < -0.3 is 15.4 Å². The zero-order chi connectivity index (χ0) is 14.6. The number of sulfonamides is 1. The monoisotopic (exact) mass is 305 g/mol. The molecule has 0 saturated carbocycles. The molecule has 7 nitrogen and oxygen atoms in total. The predicted molar refractivity (Wildman–Crippen MR) is 74.8 cm³/mol. The van der Waals surface area contributed by atoms with Crippen LogP contribution in [0.1, 0.15) is 19.8 Å². The van der Waals surface area contributed by atoms with Crippen LogP contribution in [0.3, 0.4) is 0 Å². The quantitative estimate of drug-likeness (QED) is 0.689. The van der Waals surface area contributed by atoms with Crippen LogP contribution < -0.4 is 10.6 Å². The summed E-state index contributed by atoms with van der Waals surface area (Å²) in [6, 6.07) is 0.0383. The van der Waals surface area contributed by atoms with Crippen molar-refractivity contribution >= 4 is 15.9 Å². The normalized spacial score (nSPS) is 26.4. The van der Waals surface area contributed by atoms with E-state index in [0.717, 1.165) is 6.54 Å². The van der Waals surface area contributed by atoms with E-state index in [1.54, 1.807) is 6.92 Å². The van der Waals surface area contributed by atoms with E-state index in [1.807, 2.05) is 0 Å². The van der Waals surface area contributed by atoms with E-state index in [1.165, 1.54) is 4.31 Å². The molecule has 0 aromatic rings. The smallest absolute Gasteiger partial charge is 0.250 e. The zero-order valence-electron chi connectivity index (χ0n) is 11.8. The summed E-state index contributed by atoms with van der Waals surface area (Å²) in [7, 11) is -3.11. The largest absolute Gasteiger partial charge is 0.366 e. The van der Waals surface area contributed by atoms with E-state index in [9.17, 15) is 13.2 Å². The molecule has 0 aliphatic carbocycles. The number of morpholine rings is 1. The van der Waals surface area contributed by atoms with Crippen LogP contribution in [-0.4, -0.2) is 69.3 Å². The van der Waals surface area contributed by atoms with Crippen LogP contribution in [0.4, 0.5) is 0 Å². The van der Waals surface area contributed by atoms with Crippen LogP contribution >= 0.6 is 0 Å². The van der Waals surface area contributed by atoms with Gasteiger partial charge in [-0.2, -0.15) is 0 Å². The molecule has 116 valence electrons. The van der Waals surface area contributed by atoms with Crippen LogP contribution in [0.5, 0.6) is 0 Å². The number of nitrogens with zero attached hydrogens (tertiary/aromatic N) is 1. The number of hydrogen-bond donors (Lipinski definition) is 2. The summed E-state index contributed by atoms with van der Waals surface area (Å²) in [4.78, 5) is 12.0. The molecule has 2 aliphatic rings. The number of hydrogen-bond acceptors (Lipinski definition) is 5. The SMILES string of the molecule is CCS(=O)(=O)N1CCC(NC(=O)C2CNCCO2)CC1. The Labute approximate surface area is 120 Å². The van der Waals surface area contributed by atoms with E-state index in [4.69, 9.17) is 4.74 Å². The molecule has 20 heavy (non-hydrogen) atoms. The van der Waals surface area contributed by atoms with E-state index in [-0.39, 0.29) is 17.7 Å². The Morgan fingerprint density at radius 3 is 2.65 bits per heavy atom. The van der Waals surface area contributed by atoms with Gasteiger partial charge in [0.15, 0.2) is 0 Å². The molecule has 2 heterocycles. The Kier molecular flexibility index (Phi) is 5.36. The number of carbonyl (C=O) groups excluding carboxylic acids is 1. The van der Waals surface area contributed by atoms with Gasteiger partial charge in [-0.1, -0.05) is 0 Å². The second-order valence-corrected chi connectivity index (χ2v) is 7.40. The molecule has 8 heteroatoms. The molecule has 2 aliphatic heterocycles. The van der Waals surface area contributed by atoms with E-state index < -0.39 is 16.1 Å². The second-order valence-electron chi connectivity index (χ2n) is 5.15. The highest BCUT2D eigenvalue weighted by molar-refractivity contribution is 7.89. The number of piperidine rings is 1. The summed E-state index contributed by atoms with van der Waals surface area (Å²) in [5.74, 6) is 0.0278. The molecule has 2 N–H and O–H groups in total. The van der Waals surface area contributed by atoms with Gasteiger partial charge in [0.1, 0.15) is 6.10 Å². The van der Waals surface area contributed by atoms with Gasteiger partial charge in [0.2, 0.25) is 10.0 Å². The molecule has 0 spiro atoms. The lowest BCUT2D eigenvalue weighted by Crippen LogP contribution is -2.53.